The van der Waals surface area contributed by atoms with Gasteiger partial charge in [0.2, 0.25) is 0 Å². The number of anilines is 2. The lowest BCUT2D eigenvalue weighted by atomic mass is 10.0. The van der Waals surface area contributed by atoms with Gasteiger partial charge in [-0.3, -0.25) is 4.72 Å². The van der Waals surface area contributed by atoms with Crippen molar-refractivity contribution in [1.82, 2.24) is 4.98 Å². The van der Waals surface area contributed by atoms with Gasteiger partial charge >= 0.3 is 5.97 Å². The maximum Gasteiger partial charge on any atom is 0.339 e. The van der Waals surface area contributed by atoms with Crippen molar-refractivity contribution in [3.63, 3.8) is 0 Å². The van der Waals surface area contributed by atoms with Crippen molar-refractivity contribution in [2.75, 3.05) is 22.7 Å². The molecule has 2 aromatic rings. The van der Waals surface area contributed by atoms with E-state index in [0.29, 0.717) is 24.8 Å². The Morgan fingerprint density at radius 3 is 2.26 bits per heavy atom. The normalized spacial score (nSPS) is 11.4. The average Bonchev–Trinajstić information content (AvgIpc) is 2.63. The Bertz CT molecular complexity index is 905. The summed E-state index contributed by atoms with van der Waals surface area (Å²) in [5, 5.41) is 9.48. The zero-order chi connectivity index (χ0) is 20.2. The van der Waals surface area contributed by atoms with Gasteiger partial charge in [-0.25, -0.2) is 18.2 Å². The predicted octanol–water partition coefficient (Wildman–Crippen LogP) is 3.55. The minimum absolute atomic E-state index is 0.0472. The van der Waals surface area contributed by atoms with Crippen LogP contribution in [0.1, 0.15) is 49.5 Å². The van der Waals surface area contributed by atoms with Crippen LogP contribution in [-0.4, -0.2) is 37.6 Å². The standard InChI is InChI=1S/C19H25N3O4S/c1-5-22(6-2)18-17(19(23)24)11-15(12-20-18)21-27(25,26)16-9-7-14(8-10-16)13(3)4/h7-13,21H,5-6H2,1-4H3,(H,23,24). The highest BCUT2D eigenvalue weighted by atomic mass is 32.2. The van der Waals surface area contributed by atoms with Crippen molar-refractivity contribution in [1.29, 1.82) is 0 Å². The van der Waals surface area contributed by atoms with Crippen molar-refractivity contribution >= 4 is 27.5 Å². The molecule has 0 spiro atoms. The van der Waals surface area contributed by atoms with Gasteiger partial charge < -0.3 is 10.0 Å². The van der Waals surface area contributed by atoms with E-state index < -0.39 is 16.0 Å². The molecule has 0 saturated carbocycles. The highest BCUT2D eigenvalue weighted by Crippen LogP contribution is 2.24. The summed E-state index contributed by atoms with van der Waals surface area (Å²) < 4.78 is 27.6. The number of aromatic carboxylic acids is 1. The van der Waals surface area contributed by atoms with Crippen molar-refractivity contribution in [2.45, 2.75) is 38.5 Å². The van der Waals surface area contributed by atoms with E-state index in [9.17, 15) is 18.3 Å². The topological polar surface area (TPSA) is 99.6 Å². The molecule has 1 aromatic heterocycles. The molecule has 0 aliphatic heterocycles. The number of carboxylic acids is 1. The summed E-state index contributed by atoms with van der Waals surface area (Å²) in [7, 11) is -3.84. The summed E-state index contributed by atoms with van der Waals surface area (Å²) in [6.45, 7) is 9.03. The van der Waals surface area contributed by atoms with Crippen LogP contribution in [0.5, 0.6) is 0 Å². The molecule has 8 heteroatoms. The Balaban J connectivity index is 2.35. The van der Waals surface area contributed by atoms with Crippen LogP contribution < -0.4 is 9.62 Å². The summed E-state index contributed by atoms with van der Waals surface area (Å²) in [6, 6.07) is 7.90. The van der Waals surface area contributed by atoms with E-state index in [1.807, 2.05) is 27.7 Å². The predicted molar refractivity (Wildman–Crippen MR) is 106 cm³/mol. The van der Waals surface area contributed by atoms with Crippen LogP contribution in [0.2, 0.25) is 0 Å². The molecule has 0 amide bonds. The number of hydrogen-bond donors (Lipinski definition) is 2. The summed E-state index contributed by atoms with van der Waals surface area (Å²) in [5.74, 6) is -0.548. The number of rotatable bonds is 8. The number of sulfonamides is 1. The Morgan fingerprint density at radius 2 is 1.78 bits per heavy atom. The van der Waals surface area contributed by atoms with Gasteiger partial charge in [0.1, 0.15) is 11.4 Å². The molecule has 2 N–H and O–H groups in total. The summed E-state index contributed by atoms with van der Waals surface area (Å²) in [4.78, 5) is 17.7. The molecular formula is C19H25N3O4S. The average molecular weight is 391 g/mol. The maximum atomic E-state index is 12.6. The summed E-state index contributed by atoms with van der Waals surface area (Å²) in [6.07, 6.45) is 1.33. The molecule has 0 saturated heterocycles. The van der Waals surface area contributed by atoms with E-state index in [0.717, 1.165) is 5.56 Å². The first kappa shape index (κ1) is 20.7. The molecule has 0 aliphatic rings. The lowest BCUT2D eigenvalue weighted by Crippen LogP contribution is -2.25. The van der Waals surface area contributed by atoms with Gasteiger partial charge in [0.05, 0.1) is 16.8 Å². The van der Waals surface area contributed by atoms with Crippen molar-refractivity contribution in [3.8, 4) is 0 Å². The van der Waals surface area contributed by atoms with E-state index in [-0.39, 0.29) is 16.1 Å². The van der Waals surface area contributed by atoms with Crippen molar-refractivity contribution in [3.05, 3.63) is 47.7 Å². The summed E-state index contributed by atoms with van der Waals surface area (Å²) in [5.41, 5.74) is 1.10. The lowest BCUT2D eigenvalue weighted by Gasteiger charge is -2.22. The second-order valence-corrected chi connectivity index (χ2v) is 8.08. The molecule has 0 aliphatic carbocycles. The third-order valence-corrected chi connectivity index (χ3v) is 5.67. The van der Waals surface area contributed by atoms with Crippen LogP contribution in [0.3, 0.4) is 0 Å². The van der Waals surface area contributed by atoms with Gasteiger partial charge in [-0.05, 0) is 43.5 Å². The number of aromatic nitrogens is 1. The minimum atomic E-state index is -3.84. The Hall–Kier alpha value is -2.61. The van der Waals surface area contributed by atoms with Gasteiger partial charge in [0.15, 0.2) is 0 Å². The number of benzene rings is 1. The fraction of sp³-hybridized carbons (Fsp3) is 0.368. The largest absolute Gasteiger partial charge is 0.478 e. The van der Waals surface area contributed by atoms with Crippen LogP contribution in [0.4, 0.5) is 11.5 Å². The first-order chi connectivity index (χ1) is 12.7. The molecule has 146 valence electrons. The minimum Gasteiger partial charge on any atom is -0.478 e. The molecule has 0 unspecified atom stereocenters. The Kier molecular flexibility index (Phi) is 6.43. The molecule has 0 radical (unpaired) electrons. The van der Waals surface area contributed by atoms with E-state index >= 15 is 0 Å². The molecule has 0 fully saturated rings. The van der Waals surface area contributed by atoms with Crippen molar-refractivity contribution < 1.29 is 18.3 Å². The van der Waals surface area contributed by atoms with E-state index in [1.165, 1.54) is 24.4 Å². The molecule has 0 atom stereocenters. The zero-order valence-corrected chi connectivity index (χ0v) is 16.7. The van der Waals surface area contributed by atoms with Crippen LogP contribution >= 0.6 is 0 Å². The molecular weight excluding hydrogens is 366 g/mol. The highest BCUT2D eigenvalue weighted by molar-refractivity contribution is 7.92. The highest BCUT2D eigenvalue weighted by Gasteiger charge is 2.20. The second kappa shape index (κ2) is 8.39. The van der Waals surface area contributed by atoms with Crippen LogP contribution in [0.25, 0.3) is 0 Å². The molecule has 27 heavy (non-hydrogen) atoms. The molecule has 0 bridgehead atoms. The Morgan fingerprint density at radius 1 is 1.19 bits per heavy atom. The second-order valence-electron chi connectivity index (χ2n) is 6.40. The van der Waals surface area contributed by atoms with Gasteiger partial charge in [0, 0.05) is 13.1 Å². The van der Waals surface area contributed by atoms with E-state index in [2.05, 4.69) is 9.71 Å². The maximum absolute atomic E-state index is 12.6. The number of pyridine rings is 1. The first-order valence-corrected chi connectivity index (χ1v) is 10.3. The SMILES string of the molecule is CCN(CC)c1ncc(NS(=O)(=O)c2ccc(C(C)C)cc2)cc1C(=O)O. The molecule has 1 heterocycles. The number of carboxylic acid groups (broad SMARTS) is 1. The number of carbonyl (C=O) groups is 1. The smallest absolute Gasteiger partial charge is 0.339 e. The van der Waals surface area contributed by atoms with Gasteiger partial charge in [-0.15, -0.1) is 0 Å². The fourth-order valence-electron chi connectivity index (χ4n) is 2.69. The number of nitrogens with one attached hydrogen (secondary N) is 1. The molecule has 2 rings (SSSR count). The fourth-order valence-corrected chi connectivity index (χ4v) is 3.73. The van der Waals surface area contributed by atoms with Crippen LogP contribution in [0.15, 0.2) is 41.4 Å². The lowest BCUT2D eigenvalue weighted by molar-refractivity contribution is 0.0697. The third kappa shape index (κ3) is 4.77. The van der Waals surface area contributed by atoms with E-state index in [1.54, 1.807) is 17.0 Å². The first-order valence-electron chi connectivity index (χ1n) is 8.80. The number of nitrogens with zero attached hydrogens (tertiary/aromatic N) is 2. The molecule has 7 nitrogen and oxygen atoms in total. The van der Waals surface area contributed by atoms with Gasteiger partial charge in [0.25, 0.3) is 10.0 Å². The van der Waals surface area contributed by atoms with E-state index in [4.69, 9.17) is 0 Å². The monoisotopic (exact) mass is 391 g/mol. The van der Waals surface area contributed by atoms with Gasteiger partial charge in [-0.2, -0.15) is 0 Å². The van der Waals surface area contributed by atoms with Crippen LogP contribution in [0, 0.1) is 0 Å². The van der Waals surface area contributed by atoms with Crippen LogP contribution in [-0.2, 0) is 10.0 Å². The molecule has 1 aromatic carbocycles. The van der Waals surface area contributed by atoms with Gasteiger partial charge in [-0.1, -0.05) is 26.0 Å². The quantitative estimate of drug-likeness (QED) is 0.714. The van der Waals surface area contributed by atoms with Crippen molar-refractivity contribution in [2.24, 2.45) is 0 Å². The summed E-state index contributed by atoms with van der Waals surface area (Å²) >= 11 is 0. The zero-order valence-electron chi connectivity index (χ0n) is 15.9. The Labute approximate surface area is 160 Å². The number of hydrogen-bond acceptors (Lipinski definition) is 5. The third-order valence-electron chi connectivity index (χ3n) is 4.27.